The Bertz CT molecular complexity index is 921. The first-order valence-electron chi connectivity index (χ1n) is 8.28. The summed E-state index contributed by atoms with van der Waals surface area (Å²) in [6.07, 6.45) is 3.62. The van der Waals surface area contributed by atoms with E-state index in [0.717, 1.165) is 17.8 Å². The monoisotopic (exact) mass is 387 g/mol. The van der Waals surface area contributed by atoms with Gasteiger partial charge in [-0.1, -0.05) is 18.3 Å². The van der Waals surface area contributed by atoms with Crippen LogP contribution in [0.3, 0.4) is 0 Å². The molecular weight excluding hydrogens is 370 g/mol. The van der Waals surface area contributed by atoms with Crippen LogP contribution in [0.25, 0.3) is 6.08 Å². The lowest BCUT2D eigenvalue weighted by molar-refractivity contribution is -0.380. The lowest BCUT2D eigenvalue weighted by atomic mass is 10.2. The van der Waals surface area contributed by atoms with E-state index in [1.165, 1.54) is 18.2 Å². The predicted molar refractivity (Wildman–Crippen MR) is 103 cm³/mol. The van der Waals surface area contributed by atoms with Gasteiger partial charge >= 0.3 is 5.00 Å². The molecule has 2 heterocycles. The van der Waals surface area contributed by atoms with E-state index in [1.54, 1.807) is 29.2 Å². The normalized spacial score (nSPS) is 13.4. The SMILES string of the molecule is CCCN1C(=O)COc2ccc(NC(=O)/C=C/c3ccc([N+](=O)[O-])s3)cc21. The first-order chi connectivity index (χ1) is 13.0. The highest BCUT2D eigenvalue weighted by Crippen LogP contribution is 2.34. The molecule has 0 spiro atoms. The highest BCUT2D eigenvalue weighted by molar-refractivity contribution is 7.16. The van der Waals surface area contributed by atoms with Gasteiger partial charge in [0.1, 0.15) is 5.75 Å². The van der Waals surface area contributed by atoms with Gasteiger partial charge in [-0.25, -0.2) is 0 Å². The minimum absolute atomic E-state index is 0.00833. The number of carbonyl (C=O) groups is 2. The van der Waals surface area contributed by atoms with Crippen LogP contribution in [0.15, 0.2) is 36.4 Å². The zero-order valence-corrected chi connectivity index (χ0v) is 15.3. The molecule has 0 aliphatic carbocycles. The summed E-state index contributed by atoms with van der Waals surface area (Å²) < 4.78 is 5.43. The number of benzene rings is 1. The molecule has 1 N–H and O–H groups in total. The van der Waals surface area contributed by atoms with Crippen LogP contribution in [-0.4, -0.2) is 29.9 Å². The van der Waals surface area contributed by atoms with Gasteiger partial charge in [-0.3, -0.25) is 19.7 Å². The topological polar surface area (TPSA) is 102 Å². The summed E-state index contributed by atoms with van der Waals surface area (Å²) in [5.41, 5.74) is 1.16. The number of amides is 2. The minimum Gasteiger partial charge on any atom is -0.482 e. The summed E-state index contributed by atoms with van der Waals surface area (Å²) in [7, 11) is 0. The molecule has 0 saturated heterocycles. The van der Waals surface area contributed by atoms with Crippen LogP contribution < -0.4 is 15.0 Å². The maximum atomic E-state index is 12.1. The van der Waals surface area contributed by atoms with Gasteiger partial charge < -0.3 is 15.0 Å². The Morgan fingerprint density at radius 2 is 2.22 bits per heavy atom. The molecule has 0 bridgehead atoms. The average molecular weight is 387 g/mol. The molecule has 3 rings (SSSR count). The maximum absolute atomic E-state index is 12.1. The van der Waals surface area contributed by atoms with Crippen LogP contribution in [0.1, 0.15) is 18.2 Å². The molecule has 0 atom stereocenters. The van der Waals surface area contributed by atoms with Gasteiger partial charge in [0.2, 0.25) is 5.91 Å². The molecule has 1 aromatic heterocycles. The van der Waals surface area contributed by atoms with Gasteiger partial charge in [0.15, 0.2) is 6.61 Å². The third kappa shape index (κ3) is 4.32. The number of anilines is 2. The Kier molecular flexibility index (Phi) is 5.51. The number of nitro groups is 1. The molecule has 8 nitrogen and oxygen atoms in total. The second kappa shape index (κ2) is 8.00. The number of hydrogen-bond acceptors (Lipinski definition) is 6. The van der Waals surface area contributed by atoms with E-state index in [1.807, 2.05) is 6.92 Å². The molecule has 140 valence electrons. The van der Waals surface area contributed by atoms with Crippen molar-refractivity contribution < 1.29 is 19.2 Å². The van der Waals surface area contributed by atoms with Gasteiger partial charge in [0.05, 0.1) is 10.6 Å². The molecular formula is C18H17N3O5S. The standard InChI is InChI=1S/C18H17N3O5S/c1-2-9-20-14-10-12(3-6-15(14)26-11-17(20)23)19-16(22)7-4-13-5-8-18(27-13)21(24)25/h3-8,10H,2,9,11H2,1H3,(H,19,22)/b7-4+. The molecule has 2 amide bonds. The molecule has 27 heavy (non-hydrogen) atoms. The summed E-state index contributed by atoms with van der Waals surface area (Å²) in [5, 5.41) is 13.4. The van der Waals surface area contributed by atoms with Crippen molar-refractivity contribution in [1.29, 1.82) is 0 Å². The highest BCUT2D eigenvalue weighted by Gasteiger charge is 2.25. The van der Waals surface area contributed by atoms with E-state index in [2.05, 4.69) is 5.32 Å². The van der Waals surface area contributed by atoms with E-state index in [4.69, 9.17) is 4.74 Å². The van der Waals surface area contributed by atoms with Crippen LogP contribution in [0.5, 0.6) is 5.75 Å². The van der Waals surface area contributed by atoms with Crippen LogP contribution >= 0.6 is 11.3 Å². The molecule has 1 aliphatic heterocycles. The van der Waals surface area contributed by atoms with Gasteiger partial charge in [-0.2, -0.15) is 0 Å². The average Bonchev–Trinajstić information content (AvgIpc) is 3.12. The number of fused-ring (bicyclic) bond motifs is 1. The zero-order chi connectivity index (χ0) is 19.4. The Balaban J connectivity index is 1.71. The number of nitrogens with one attached hydrogen (secondary N) is 1. The lowest BCUT2D eigenvalue weighted by Gasteiger charge is -2.29. The Hall–Kier alpha value is -3.20. The smallest absolute Gasteiger partial charge is 0.324 e. The predicted octanol–water partition coefficient (Wildman–Crippen LogP) is 3.44. The van der Waals surface area contributed by atoms with Crippen LogP contribution in [0.2, 0.25) is 0 Å². The Labute approximate surface area is 159 Å². The van der Waals surface area contributed by atoms with Crippen molar-refractivity contribution in [2.45, 2.75) is 13.3 Å². The third-order valence-corrected chi connectivity index (χ3v) is 4.81. The van der Waals surface area contributed by atoms with Gasteiger partial charge in [-0.05, 0) is 36.8 Å². The largest absolute Gasteiger partial charge is 0.482 e. The molecule has 0 radical (unpaired) electrons. The molecule has 1 aromatic carbocycles. The molecule has 2 aromatic rings. The van der Waals surface area contributed by atoms with Gasteiger partial charge in [0.25, 0.3) is 5.91 Å². The van der Waals surface area contributed by atoms with Crippen molar-refractivity contribution in [2.75, 3.05) is 23.4 Å². The Morgan fingerprint density at radius 3 is 2.93 bits per heavy atom. The number of thiophene rings is 1. The number of ether oxygens (including phenoxy) is 1. The summed E-state index contributed by atoms with van der Waals surface area (Å²) >= 11 is 0.987. The first-order valence-corrected chi connectivity index (χ1v) is 9.10. The zero-order valence-electron chi connectivity index (χ0n) is 14.5. The third-order valence-electron chi connectivity index (χ3n) is 3.81. The van der Waals surface area contributed by atoms with Crippen molar-refractivity contribution in [3.8, 4) is 5.75 Å². The summed E-state index contributed by atoms with van der Waals surface area (Å²) in [6, 6.07) is 8.08. The highest BCUT2D eigenvalue weighted by atomic mass is 32.1. The van der Waals surface area contributed by atoms with Crippen molar-refractivity contribution in [2.24, 2.45) is 0 Å². The Morgan fingerprint density at radius 1 is 1.41 bits per heavy atom. The van der Waals surface area contributed by atoms with Gasteiger partial charge in [-0.15, -0.1) is 0 Å². The fourth-order valence-electron chi connectivity index (χ4n) is 2.62. The molecule has 0 saturated carbocycles. The van der Waals surface area contributed by atoms with E-state index in [9.17, 15) is 19.7 Å². The second-order valence-electron chi connectivity index (χ2n) is 5.77. The van der Waals surface area contributed by atoms with Crippen molar-refractivity contribution in [3.63, 3.8) is 0 Å². The summed E-state index contributed by atoms with van der Waals surface area (Å²) in [6.45, 7) is 2.56. The van der Waals surface area contributed by atoms with Gasteiger partial charge in [0, 0.05) is 29.3 Å². The van der Waals surface area contributed by atoms with Crippen molar-refractivity contribution >= 4 is 45.6 Å². The number of hydrogen-bond donors (Lipinski definition) is 1. The first kappa shape index (κ1) is 18.6. The summed E-state index contributed by atoms with van der Waals surface area (Å²) in [5.74, 6) is 0.102. The van der Waals surface area contributed by atoms with E-state index >= 15 is 0 Å². The quantitative estimate of drug-likeness (QED) is 0.465. The molecule has 0 unspecified atom stereocenters. The lowest BCUT2D eigenvalue weighted by Crippen LogP contribution is -2.39. The number of rotatable bonds is 6. The molecule has 1 aliphatic rings. The molecule has 9 heteroatoms. The van der Waals surface area contributed by atoms with E-state index < -0.39 is 4.92 Å². The van der Waals surface area contributed by atoms with E-state index in [0.29, 0.717) is 28.5 Å². The van der Waals surface area contributed by atoms with Crippen LogP contribution in [0, 0.1) is 10.1 Å². The summed E-state index contributed by atoms with van der Waals surface area (Å²) in [4.78, 5) is 36.6. The van der Waals surface area contributed by atoms with Crippen LogP contribution in [-0.2, 0) is 9.59 Å². The van der Waals surface area contributed by atoms with Crippen molar-refractivity contribution in [3.05, 3.63) is 51.4 Å². The minimum atomic E-state index is -0.472. The maximum Gasteiger partial charge on any atom is 0.324 e. The fourth-order valence-corrected chi connectivity index (χ4v) is 3.34. The molecule has 0 fully saturated rings. The fraction of sp³-hybridized carbons (Fsp3) is 0.222. The van der Waals surface area contributed by atoms with Crippen molar-refractivity contribution in [1.82, 2.24) is 0 Å². The van der Waals surface area contributed by atoms with Crippen LogP contribution in [0.4, 0.5) is 16.4 Å². The van der Waals surface area contributed by atoms with E-state index in [-0.39, 0.29) is 23.4 Å². The number of nitrogens with zero attached hydrogens (tertiary/aromatic N) is 2. The second-order valence-corrected chi connectivity index (χ2v) is 6.87. The number of carbonyl (C=O) groups excluding carboxylic acids is 2.